The predicted octanol–water partition coefficient (Wildman–Crippen LogP) is -0.957. The summed E-state index contributed by atoms with van der Waals surface area (Å²) in [6.07, 6.45) is 1.05. The molecule has 8 heteroatoms. The fraction of sp³-hybridized carbons (Fsp3) is 1.00. The molecule has 1 N–H and O–H groups in total. The van der Waals surface area contributed by atoms with E-state index in [1.165, 1.54) is 4.31 Å². The minimum atomic E-state index is -3.48. The van der Waals surface area contributed by atoms with E-state index < -0.39 is 19.9 Å². The van der Waals surface area contributed by atoms with Gasteiger partial charge in [-0.1, -0.05) is 0 Å². The van der Waals surface area contributed by atoms with Gasteiger partial charge in [-0.2, -0.15) is 4.31 Å². The summed E-state index contributed by atoms with van der Waals surface area (Å²) in [5.41, 5.74) is 0. The van der Waals surface area contributed by atoms with Crippen molar-refractivity contribution >= 4 is 19.9 Å². The van der Waals surface area contributed by atoms with Gasteiger partial charge in [0.15, 0.2) is 0 Å². The molecule has 2 atom stereocenters. The quantitative estimate of drug-likeness (QED) is 0.719. The van der Waals surface area contributed by atoms with Crippen LogP contribution in [0.4, 0.5) is 0 Å². The van der Waals surface area contributed by atoms with E-state index in [0.29, 0.717) is 13.1 Å². The minimum absolute atomic E-state index is 0.0965. The highest BCUT2D eigenvalue weighted by molar-refractivity contribution is 7.93. The summed E-state index contributed by atoms with van der Waals surface area (Å²) in [7, 11) is -6.73. The van der Waals surface area contributed by atoms with Crippen LogP contribution in [0.5, 0.6) is 0 Å². The van der Waals surface area contributed by atoms with Crippen molar-refractivity contribution in [2.24, 2.45) is 0 Å². The van der Waals surface area contributed by atoms with E-state index in [1.54, 1.807) is 0 Å². The second-order valence-electron chi connectivity index (χ2n) is 4.67. The molecule has 17 heavy (non-hydrogen) atoms. The van der Waals surface area contributed by atoms with Gasteiger partial charge in [-0.3, -0.25) is 0 Å². The highest BCUT2D eigenvalue weighted by Crippen LogP contribution is 2.13. The SMILES string of the molecule is CC1CN(S(=O)(=O)CCS(C)(=O)=O)C(C)CN1. The minimum Gasteiger partial charge on any atom is -0.311 e. The second-order valence-corrected chi connectivity index (χ2v) is 8.97. The normalized spacial score (nSPS) is 28.2. The fourth-order valence-corrected chi connectivity index (χ4v) is 5.11. The smallest absolute Gasteiger partial charge is 0.215 e. The molecule has 0 spiro atoms. The lowest BCUT2D eigenvalue weighted by Gasteiger charge is -2.36. The van der Waals surface area contributed by atoms with Gasteiger partial charge >= 0.3 is 0 Å². The molecule has 6 nitrogen and oxygen atoms in total. The van der Waals surface area contributed by atoms with E-state index in [2.05, 4.69) is 5.32 Å². The molecule has 1 fully saturated rings. The Morgan fingerprint density at radius 3 is 2.29 bits per heavy atom. The van der Waals surface area contributed by atoms with E-state index in [9.17, 15) is 16.8 Å². The maximum Gasteiger partial charge on any atom is 0.215 e. The monoisotopic (exact) mass is 284 g/mol. The van der Waals surface area contributed by atoms with Crippen LogP contribution in [-0.2, 0) is 19.9 Å². The Labute approximate surface area is 103 Å². The van der Waals surface area contributed by atoms with Gasteiger partial charge < -0.3 is 5.32 Å². The molecular weight excluding hydrogens is 264 g/mol. The summed E-state index contributed by atoms with van der Waals surface area (Å²) in [6.45, 7) is 4.72. The van der Waals surface area contributed by atoms with E-state index in [1.807, 2.05) is 13.8 Å². The van der Waals surface area contributed by atoms with Crippen molar-refractivity contribution in [1.82, 2.24) is 9.62 Å². The first-order valence-corrected chi connectivity index (χ1v) is 9.19. The lowest BCUT2D eigenvalue weighted by molar-refractivity contribution is 0.245. The number of piperazine rings is 1. The Kier molecular flexibility index (Phi) is 4.56. The largest absolute Gasteiger partial charge is 0.311 e. The van der Waals surface area contributed by atoms with Crippen molar-refractivity contribution in [3.8, 4) is 0 Å². The molecule has 0 bridgehead atoms. The Hall–Kier alpha value is -0.180. The van der Waals surface area contributed by atoms with Crippen molar-refractivity contribution < 1.29 is 16.8 Å². The zero-order valence-corrected chi connectivity index (χ0v) is 12.0. The summed E-state index contributed by atoms with van der Waals surface area (Å²) < 4.78 is 47.5. The lowest BCUT2D eigenvalue weighted by atomic mass is 10.2. The molecule has 0 aromatic carbocycles. The first-order valence-electron chi connectivity index (χ1n) is 5.52. The lowest BCUT2D eigenvalue weighted by Crippen LogP contribution is -2.56. The second kappa shape index (κ2) is 5.21. The van der Waals surface area contributed by atoms with Gasteiger partial charge in [0.05, 0.1) is 11.5 Å². The van der Waals surface area contributed by atoms with Crippen LogP contribution in [0.25, 0.3) is 0 Å². The van der Waals surface area contributed by atoms with Crippen molar-refractivity contribution in [3.05, 3.63) is 0 Å². The highest BCUT2D eigenvalue weighted by Gasteiger charge is 2.32. The van der Waals surface area contributed by atoms with Crippen LogP contribution in [0, 0.1) is 0 Å². The van der Waals surface area contributed by atoms with Crippen LogP contribution < -0.4 is 5.32 Å². The summed E-state index contributed by atoms with van der Waals surface area (Å²) in [5.74, 6) is -0.650. The summed E-state index contributed by atoms with van der Waals surface area (Å²) in [6, 6.07) is -0.0324. The van der Waals surface area contributed by atoms with Gasteiger partial charge in [0.2, 0.25) is 10.0 Å². The average molecular weight is 284 g/mol. The highest BCUT2D eigenvalue weighted by atomic mass is 32.2. The maximum atomic E-state index is 12.0. The van der Waals surface area contributed by atoms with Gasteiger partial charge in [0.25, 0.3) is 0 Å². The molecule has 0 aliphatic carbocycles. The van der Waals surface area contributed by atoms with Gasteiger partial charge in [0.1, 0.15) is 9.84 Å². The molecule has 1 aliphatic heterocycles. The number of hydrogen-bond donors (Lipinski definition) is 1. The molecule has 2 unspecified atom stereocenters. The number of hydrogen-bond acceptors (Lipinski definition) is 5. The average Bonchev–Trinajstić information content (AvgIpc) is 2.18. The third-order valence-corrected chi connectivity index (χ3v) is 5.92. The Balaban J connectivity index is 2.75. The van der Waals surface area contributed by atoms with Crippen LogP contribution in [-0.4, -0.2) is 64.1 Å². The van der Waals surface area contributed by atoms with Gasteiger partial charge in [-0.25, -0.2) is 16.8 Å². The van der Waals surface area contributed by atoms with E-state index >= 15 is 0 Å². The molecule has 0 saturated carbocycles. The van der Waals surface area contributed by atoms with Gasteiger partial charge in [-0.15, -0.1) is 0 Å². The third-order valence-electron chi connectivity index (χ3n) is 2.78. The van der Waals surface area contributed by atoms with E-state index in [0.717, 1.165) is 6.26 Å². The Bertz CT molecular complexity index is 457. The number of nitrogens with one attached hydrogen (secondary N) is 1. The first-order chi connectivity index (χ1) is 7.62. The standard InChI is InChI=1S/C9H20N2O4S2/c1-8-7-11(9(2)6-10-8)17(14,15)5-4-16(3,12)13/h8-10H,4-7H2,1-3H3. The van der Waals surface area contributed by atoms with Crippen molar-refractivity contribution in [1.29, 1.82) is 0 Å². The predicted molar refractivity (Wildman–Crippen MR) is 67.1 cm³/mol. The molecular formula is C9H20N2O4S2. The molecule has 1 rings (SSSR count). The molecule has 1 saturated heterocycles. The van der Waals surface area contributed by atoms with E-state index in [-0.39, 0.29) is 23.6 Å². The van der Waals surface area contributed by atoms with Gasteiger partial charge in [-0.05, 0) is 13.8 Å². The van der Waals surface area contributed by atoms with Crippen molar-refractivity contribution in [2.45, 2.75) is 25.9 Å². The number of sulfonamides is 1. The zero-order chi connectivity index (χ0) is 13.3. The van der Waals surface area contributed by atoms with Crippen LogP contribution in [0.15, 0.2) is 0 Å². The summed E-state index contributed by atoms with van der Waals surface area (Å²) >= 11 is 0. The number of nitrogens with zero attached hydrogens (tertiary/aromatic N) is 1. The maximum absolute atomic E-state index is 12.0. The number of rotatable bonds is 4. The molecule has 0 aromatic rings. The molecule has 0 amide bonds. The summed E-state index contributed by atoms with van der Waals surface area (Å²) in [5, 5.41) is 3.18. The van der Waals surface area contributed by atoms with Crippen LogP contribution in [0.1, 0.15) is 13.8 Å². The number of sulfone groups is 1. The molecule has 0 radical (unpaired) electrons. The zero-order valence-electron chi connectivity index (χ0n) is 10.4. The Morgan fingerprint density at radius 2 is 1.76 bits per heavy atom. The first kappa shape index (κ1) is 14.9. The Morgan fingerprint density at radius 1 is 1.18 bits per heavy atom. The van der Waals surface area contributed by atoms with E-state index in [4.69, 9.17) is 0 Å². The van der Waals surface area contributed by atoms with Crippen LogP contribution in [0.3, 0.4) is 0 Å². The molecule has 1 heterocycles. The fourth-order valence-electron chi connectivity index (χ4n) is 1.75. The van der Waals surface area contributed by atoms with Crippen LogP contribution >= 0.6 is 0 Å². The van der Waals surface area contributed by atoms with Crippen molar-refractivity contribution in [2.75, 3.05) is 30.9 Å². The molecule has 1 aliphatic rings. The third kappa shape index (κ3) is 4.53. The van der Waals surface area contributed by atoms with Gasteiger partial charge in [0, 0.05) is 31.4 Å². The van der Waals surface area contributed by atoms with Crippen molar-refractivity contribution in [3.63, 3.8) is 0 Å². The topological polar surface area (TPSA) is 83.6 Å². The molecule has 0 aromatic heterocycles. The van der Waals surface area contributed by atoms with Crippen LogP contribution in [0.2, 0.25) is 0 Å². The summed E-state index contributed by atoms with van der Waals surface area (Å²) in [4.78, 5) is 0. The molecule has 102 valence electrons.